The van der Waals surface area contributed by atoms with Crippen LogP contribution in [0.1, 0.15) is 23.1 Å². The van der Waals surface area contributed by atoms with Crippen LogP contribution < -0.4 is 25.8 Å². The number of likely N-dealkylation sites (tertiary alicyclic amines) is 1. The number of rotatable bonds is 4. The first-order valence-corrected chi connectivity index (χ1v) is 11.0. The first-order valence-electron chi connectivity index (χ1n) is 11.0. The van der Waals surface area contributed by atoms with E-state index in [0.717, 1.165) is 5.56 Å². The molecular weight excluding hydrogens is 440 g/mol. The van der Waals surface area contributed by atoms with Gasteiger partial charge in [0.15, 0.2) is 11.5 Å². The Labute approximate surface area is 194 Å². The fourth-order valence-electron chi connectivity index (χ4n) is 5.74. The van der Waals surface area contributed by atoms with Gasteiger partial charge >= 0.3 is 0 Å². The van der Waals surface area contributed by atoms with Crippen molar-refractivity contribution in [2.75, 3.05) is 12.1 Å². The number of fused-ring (bicyclic) bond motifs is 5. The van der Waals surface area contributed by atoms with E-state index in [4.69, 9.17) is 15.2 Å². The van der Waals surface area contributed by atoms with Crippen molar-refractivity contribution in [1.29, 1.82) is 0 Å². The first kappa shape index (κ1) is 20.7. The average Bonchev–Trinajstić information content (AvgIpc) is 3.51. The number of anilines is 1. The highest BCUT2D eigenvalue weighted by Crippen LogP contribution is 2.53. The molecule has 4 aliphatic heterocycles. The standard InChI is InChI=1S/C24H22N4O6/c1-11-2-4-14-13(6-11)24(23(32)26-14)20-19(15(27-24)8-18(25)29)21(30)28(22(20)31)9-12-3-5-16-17(7-12)34-10-33-16/h2-7,15,19-20,27H,8-10H2,1H3,(H2,25,29)(H,26,32)/t15-,19+,20+,24-/m0/s1. The second-order valence-electron chi connectivity index (χ2n) is 9.19. The van der Waals surface area contributed by atoms with E-state index in [2.05, 4.69) is 10.6 Å². The fraction of sp³-hybridized carbons (Fsp3) is 0.333. The molecule has 4 atom stereocenters. The summed E-state index contributed by atoms with van der Waals surface area (Å²) >= 11 is 0. The van der Waals surface area contributed by atoms with E-state index in [9.17, 15) is 19.2 Å². The van der Waals surface area contributed by atoms with Gasteiger partial charge in [0.05, 0.1) is 18.4 Å². The van der Waals surface area contributed by atoms with Gasteiger partial charge in [0.25, 0.3) is 0 Å². The quantitative estimate of drug-likeness (QED) is 0.563. The number of hydrogen-bond acceptors (Lipinski definition) is 7. The van der Waals surface area contributed by atoms with Gasteiger partial charge in [-0.3, -0.25) is 29.4 Å². The normalized spacial score (nSPS) is 28.4. The maximum absolute atomic E-state index is 13.8. The molecule has 4 aliphatic rings. The van der Waals surface area contributed by atoms with Gasteiger partial charge in [-0.25, -0.2) is 0 Å². The molecule has 1 spiro atoms. The number of ether oxygens (including phenoxy) is 2. The minimum absolute atomic E-state index is 0.0168. The van der Waals surface area contributed by atoms with Crippen LogP contribution in [0, 0.1) is 18.8 Å². The van der Waals surface area contributed by atoms with Gasteiger partial charge in [0.1, 0.15) is 5.54 Å². The Morgan fingerprint density at radius 1 is 1.12 bits per heavy atom. The molecule has 174 valence electrons. The summed E-state index contributed by atoms with van der Waals surface area (Å²) in [4.78, 5) is 53.8. The second-order valence-corrected chi connectivity index (χ2v) is 9.19. The Morgan fingerprint density at radius 3 is 2.71 bits per heavy atom. The molecule has 34 heavy (non-hydrogen) atoms. The lowest BCUT2D eigenvalue weighted by molar-refractivity contribution is -0.143. The number of nitrogens with one attached hydrogen (secondary N) is 2. The highest BCUT2D eigenvalue weighted by atomic mass is 16.7. The smallest absolute Gasteiger partial charge is 0.250 e. The van der Waals surface area contributed by atoms with Gasteiger partial charge < -0.3 is 20.5 Å². The zero-order valence-corrected chi connectivity index (χ0v) is 18.3. The predicted octanol–water partition coefficient (Wildman–Crippen LogP) is 0.520. The summed E-state index contributed by atoms with van der Waals surface area (Å²) in [6.45, 7) is 2.02. The minimum Gasteiger partial charge on any atom is -0.454 e. The summed E-state index contributed by atoms with van der Waals surface area (Å²) < 4.78 is 10.7. The monoisotopic (exact) mass is 462 g/mol. The van der Waals surface area contributed by atoms with Crippen molar-refractivity contribution in [2.24, 2.45) is 17.6 Å². The molecule has 2 fully saturated rings. The number of benzene rings is 2. The summed E-state index contributed by atoms with van der Waals surface area (Å²) in [5, 5.41) is 6.04. The van der Waals surface area contributed by atoms with E-state index < -0.39 is 47.0 Å². The molecule has 4 heterocycles. The Kier molecular flexibility index (Phi) is 4.28. The average molecular weight is 462 g/mol. The fourth-order valence-corrected chi connectivity index (χ4v) is 5.74. The van der Waals surface area contributed by atoms with Gasteiger partial charge in [-0.1, -0.05) is 23.8 Å². The zero-order valence-electron chi connectivity index (χ0n) is 18.3. The Balaban J connectivity index is 1.42. The molecule has 2 aromatic rings. The maximum Gasteiger partial charge on any atom is 0.250 e. The molecule has 0 saturated carbocycles. The summed E-state index contributed by atoms with van der Waals surface area (Å²) in [5.41, 5.74) is 6.79. The molecule has 0 radical (unpaired) electrons. The van der Waals surface area contributed by atoms with Crippen LogP contribution in [-0.2, 0) is 31.3 Å². The van der Waals surface area contributed by atoms with Gasteiger partial charge in [0, 0.05) is 23.7 Å². The van der Waals surface area contributed by atoms with Crippen LogP contribution in [0.2, 0.25) is 0 Å². The Bertz CT molecular complexity index is 1290. The zero-order chi connectivity index (χ0) is 23.8. The van der Waals surface area contributed by atoms with Crippen molar-refractivity contribution in [2.45, 2.75) is 31.5 Å². The first-order chi connectivity index (χ1) is 16.3. The predicted molar refractivity (Wildman–Crippen MR) is 117 cm³/mol. The van der Waals surface area contributed by atoms with Crippen molar-refractivity contribution >= 4 is 29.3 Å². The van der Waals surface area contributed by atoms with E-state index in [0.29, 0.717) is 28.3 Å². The lowest BCUT2D eigenvalue weighted by Gasteiger charge is -2.29. The summed E-state index contributed by atoms with van der Waals surface area (Å²) in [6.07, 6.45) is -0.172. The van der Waals surface area contributed by atoms with Crippen molar-refractivity contribution < 1.29 is 28.7 Å². The lowest BCUT2D eigenvalue weighted by atomic mass is 9.76. The highest BCUT2D eigenvalue weighted by Gasteiger charge is 2.70. The van der Waals surface area contributed by atoms with Gasteiger partial charge in [-0.15, -0.1) is 0 Å². The maximum atomic E-state index is 13.8. The third-order valence-electron chi connectivity index (χ3n) is 7.16. The molecule has 4 N–H and O–H groups in total. The number of aryl methyl sites for hydroxylation is 1. The van der Waals surface area contributed by atoms with Crippen LogP contribution in [-0.4, -0.2) is 41.4 Å². The number of primary amides is 1. The molecule has 2 aromatic carbocycles. The van der Waals surface area contributed by atoms with Gasteiger partial charge in [-0.2, -0.15) is 0 Å². The Hall–Kier alpha value is -3.92. The molecular formula is C24H22N4O6. The number of carbonyl (C=O) groups excluding carboxylic acids is 4. The van der Waals surface area contributed by atoms with Crippen LogP contribution in [0.25, 0.3) is 0 Å². The molecule has 4 amide bonds. The van der Waals surface area contributed by atoms with Crippen molar-refractivity contribution in [3.63, 3.8) is 0 Å². The molecule has 2 saturated heterocycles. The van der Waals surface area contributed by atoms with Gasteiger partial charge in [-0.05, 0) is 30.7 Å². The molecule has 0 bridgehead atoms. The third kappa shape index (κ3) is 2.72. The van der Waals surface area contributed by atoms with Crippen LogP contribution in [0.15, 0.2) is 36.4 Å². The van der Waals surface area contributed by atoms with Crippen molar-refractivity contribution in [1.82, 2.24) is 10.2 Å². The Morgan fingerprint density at radius 2 is 1.91 bits per heavy atom. The van der Waals surface area contributed by atoms with Gasteiger partial charge in [0.2, 0.25) is 30.4 Å². The molecule has 0 aliphatic carbocycles. The van der Waals surface area contributed by atoms with Crippen LogP contribution in [0.5, 0.6) is 11.5 Å². The molecule has 0 unspecified atom stereocenters. The van der Waals surface area contributed by atoms with E-state index in [1.54, 1.807) is 24.3 Å². The van der Waals surface area contributed by atoms with E-state index in [1.165, 1.54) is 4.90 Å². The second kappa shape index (κ2) is 7.04. The lowest BCUT2D eigenvalue weighted by Crippen LogP contribution is -2.53. The number of imide groups is 1. The molecule has 0 aromatic heterocycles. The third-order valence-corrected chi connectivity index (χ3v) is 7.16. The number of amides is 4. The van der Waals surface area contributed by atoms with E-state index in [1.807, 2.05) is 19.1 Å². The van der Waals surface area contributed by atoms with Crippen molar-refractivity contribution in [3.8, 4) is 11.5 Å². The summed E-state index contributed by atoms with van der Waals surface area (Å²) in [6, 6.07) is 9.94. The number of carbonyl (C=O) groups is 4. The van der Waals surface area contributed by atoms with E-state index in [-0.39, 0.29) is 19.8 Å². The van der Waals surface area contributed by atoms with Crippen LogP contribution in [0.4, 0.5) is 5.69 Å². The summed E-state index contributed by atoms with van der Waals surface area (Å²) in [7, 11) is 0. The largest absolute Gasteiger partial charge is 0.454 e. The summed E-state index contributed by atoms with van der Waals surface area (Å²) in [5.74, 6) is -2.69. The highest BCUT2D eigenvalue weighted by molar-refractivity contribution is 6.15. The SMILES string of the molecule is Cc1ccc2c(c1)[C@@]1(N[C@@H](CC(N)=O)[C@H]3C(=O)N(Cc4ccc5c(c4)OCO5)C(=O)[C@@H]31)C(=O)N2. The molecule has 6 rings (SSSR count). The topological polar surface area (TPSA) is 140 Å². The molecule has 10 heteroatoms. The molecule has 10 nitrogen and oxygen atoms in total. The number of nitrogens with two attached hydrogens (primary N) is 1. The number of hydrogen-bond donors (Lipinski definition) is 3. The minimum atomic E-state index is -1.46. The van der Waals surface area contributed by atoms with E-state index >= 15 is 0 Å². The number of nitrogens with zero attached hydrogens (tertiary/aromatic N) is 1. The van der Waals surface area contributed by atoms with Crippen LogP contribution >= 0.6 is 0 Å². The van der Waals surface area contributed by atoms with Crippen molar-refractivity contribution in [3.05, 3.63) is 53.1 Å². The van der Waals surface area contributed by atoms with Crippen LogP contribution in [0.3, 0.4) is 0 Å².